The van der Waals surface area contributed by atoms with Crippen molar-refractivity contribution in [2.45, 2.75) is 37.8 Å². The molecule has 1 N–H and O–H groups in total. The van der Waals surface area contributed by atoms with Crippen molar-refractivity contribution in [1.82, 2.24) is 19.8 Å². The minimum absolute atomic E-state index is 0.216. The molecule has 2 aromatic heterocycles. The first-order chi connectivity index (χ1) is 16.1. The third-order valence-corrected chi connectivity index (χ3v) is 7.37. The van der Waals surface area contributed by atoms with Crippen molar-refractivity contribution < 1.29 is 9.13 Å². The molecule has 2 fully saturated rings. The summed E-state index contributed by atoms with van der Waals surface area (Å²) < 4.78 is 19.4. The highest BCUT2D eigenvalue weighted by molar-refractivity contribution is 5.82. The van der Waals surface area contributed by atoms with Crippen LogP contribution in [0.15, 0.2) is 54.9 Å². The Morgan fingerprint density at radius 1 is 1.03 bits per heavy atom. The van der Waals surface area contributed by atoms with Gasteiger partial charge in [-0.25, -0.2) is 4.39 Å². The summed E-state index contributed by atoms with van der Waals surface area (Å²) in [5.74, 6) is 0.278. The third kappa shape index (κ3) is 4.88. The molecule has 0 unspecified atom stereocenters. The molecule has 2 aliphatic heterocycles. The van der Waals surface area contributed by atoms with E-state index in [2.05, 4.69) is 39.8 Å². The molecular formula is C27H33FN4O. The molecule has 4 heterocycles. The summed E-state index contributed by atoms with van der Waals surface area (Å²) in [5.41, 5.74) is 5.59. The summed E-state index contributed by atoms with van der Waals surface area (Å²) in [7, 11) is 2.22. The van der Waals surface area contributed by atoms with Crippen LogP contribution in [0.3, 0.4) is 0 Å². The van der Waals surface area contributed by atoms with Crippen LogP contribution < -0.4 is 0 Å². The summed E-state index contributed by atoms with van der Waals surface area (Å²) in [6.45, 7) is 7.30. The number of likely N-dealkylation sites (N-methyl/N-ethyl adjacent to an activating group) is 1. The highest BCUT2D eigenvalue weighted by Crippen LogP contribution is 2.37. The fraction of sp³-hybridized carbons (Fsp3) is 0.444. The summed E-state index contributed by atoms with van der Waals surface area (Å²) in [6.07, 6.45) is 6.19. The van der Waals surface area contributed by atoms with E-state index in [4.69, 9.17) is 4.74 Å². The number of ether oxygens (including phenoxy) is 1. The van der Waals surface area contributed by atoms with Crippen LogP contribution in [-0.2, 0) is 4.74 Å². The maximum absolute atomic E-state index is 13.5. The highest BCUT2D eigenvalue weighted by Gasteiger charge is 2.31. The average Bonchev–Trinajstić information content (AvgIpc) is 3.28. The van der Waals surface area contributed by atoms with Crippen LogP contribution >= 0.6 is 0 Å². The van der Waals surface area contributed by atoms with Crippen LogP contribution in [-0.4, -0.2) is 71.7 Å². The normalized spacial score (nSPS) is 23.1. The average molecular weight is 449 g/mol. The quantitative estimate of drug-likeness (QED) is 0.610. The van der Waals surface area contributed by atoms with Gasteiger partial charge in [0.2, 0.25) is 0 Å². The predicted octanol–water partition coefficient (Wildman–Crippen LogP) is 4.78. The number of nitrogens with one attached hydrogen (secondary N) is 1. The lowest BCUT2D eigenvalue weighted by molar-refractivity contribution is -0.0624. The minimum atomic E-state index is -0.216. The molecule has 0 saturated carbocycles. The fourth-order valence-corrected chi connectivity index (χ4v) is 5.30. The van der Waals surface area contributed by atoms with Crippen LogP contribution in [0.1, 0.15) is 31.4 Å². The number of likely N-dealkylation sites (tertiary alicyclic amines) is 1. The molecule has 5 rings (SSSR count). The molecule has 33 heavy (non-hydrogen) atoms. The molecule has 2 atom stereocenters. The molecule has 6 heteroatoms. The van der Waals surface area contributed by atoms with E-state index in [0.717, 1.165) is 68.0 Å². The lowest BCUT2D eigenvalue weighted by Crippen LogP contribution is -2.54. The Morgan fingerprint density at radius 3 is 2.45 bits per heavy atom. The summed E-state index contributed by atoms with van der Waals surface area (Å²) in [4.78, 5) is 12.9. The van der Waals surface area contributed by atoms with Crippen molar-refractivity contribution in [3.63, 3.8) is 0 Å². The first-order valence-electron chi connectivity index (χ1n) is 12.0. The number of aromatic nitrogens is 2. The summed E-state index contributed by atoms with van der Waals surface area (Å²) in [6, 6.07) is 13.6. The zero-order chi connectivity index (χ0) is 22.8. The number of hydrogen-bond acceptors (Lipinski definition) is 4. The molecule has 0 bridgehead atoms. The molecule has 0 amide bonds. The van der Waals surface area contributed by atoms with Gasteiger partial charge in [0.05, 0.1) is 18.4 Å². The molecule has 2 aliphatic rings. The van der Waals surface area contributed by atoms with Gasteiger partial charge in [0, 0.05) is 48.7 Å². The van der Waals surface area contributed by atoms with Gasteiger partial charge in [0.1, 0.15) is 5.82 Å². The molecule has 174 valence electrons. The maximum atomic E-state index is 13.5. The number of aromatic amines is 1. The minimum Gasteiger partial charge on any atom is -0.375 e. The van der Waals surface area contributed by atoms with Crippen molar-refractivity contribution in [3.05, 3.63) is 66.4 Å². The van der Waals surface area contributed by atoms with Crippen molar-refractivity contribution >= 4 is 0 Å². The number of pyridine rings is 1. The van der Waals surface area contributed by atoms with Crippen molar-refractivity contribution in [2.24, 2.45) is 0 Å². The Balaban J connectivity index is 1.33. The van der Waals surface area contributed by atoms with Crippen LogP contribution in [0.5, 0.6) is 0 Å². The molecule has 0 radical (unpaired) electrons. The molecular weight excluding hydrogens is 415 g/mol. The van der Waals surface area contributed by atoms with E-state index in [0.29, 0.717) is 12.0 Å². The van der Waals surface area contributed by atoms with Gasteiger partial charge < -0.3 is 14.6 Å². The SMILES string of the molecule is C[C@H]1OCCN(C)[C@@H]1CN1CCC(c2cc(-c3ccncc3)c(-c3ccc(F)cc3)[nH]2)CC1. The van der Waals surface area contributed by atoms with Gasteiger partial charge >= 0.3 is 0 Å². The van der Waals surface area contributed by atoms with Gasteiger partial charge in [-0.15, -0.1) is 0 Å². The number of H-pyrrole nitrogens is 1. The number of hydrogen-bond donors (Lipinski definition) is 1. The molecule has 2 saturated heterocycles. The Bertz CT molecular complexity index is 1030. The molecule has 1 aromatic carbocycles. The van der Waals surface area contributed by atoms with Crippen LogP contribution in [0.2, 0.25) is 0 Å². The van der Waals surface area contributed by atoms with E-state index >= 15 is 0 Å². The van der Waals surface area contributed by atoms with Gasteiger partial charge in [-0.2, -0.15) is 0 Å². The number of rotatable bonds is 5. The zero-order valence-electron chi connectivity index (χ0n) is 19.5. The van der Waals surface area contributed by atoms with E-state index in [1.54, 1.807) is 0 Å². The monoisotopic (exact) mass is 448 g/mol. The molecule has 5 nitrogen and oxygen atoms in total. The zero-order valence-corrected chi connectivity index (χ0v) is 19.5. The lowest BCUT2D eigenvalue weighted by Gasteiger charge is -2.42. The topological polar surface area (TPSA) is 44.4 Å². The Morgan fingerprint density at radius 2 is 1.76 bits per heavy atom. The van der Waals surface area contributed by atoms with Gasteiger partial charge in [0.15, 0.2) is 0 Å². The number of morpholine rings is 1. The van der Waals surface area contributed by atoms with Crippen LogP contribution in [0, 0.1) is 5.82 Å². The smallest absolute Gasteiger partial charge is 0.123 e. The second kappa shape index (κ2) is 9.75. The first-order valence-corrected chi connectivity index (χ1v) is 12.0. The van der Waals surface area contributed by atoms with Crippen LogP contribution in [0.4, 0.5) is 4.39 Å². The maximum Gasteiger partial charge on any atom is 0.123 e. The Hall–Kier alpha value is -2.54. The van der Waals surface area contributed by atoms with Gasteiger partial charge in [-0.1, -0.05) is 0 Å². The Labute approximate surface area is 195 Å². The van der Waals surface area contributed by atoms with E-state index in [9.17, 15) is 4.39 Å². The van der Waals surface area contributed by atoms with Gasteiger partial charge in [0.25, 0.3) is 0 Å². The Kier molecular flexibility index (Phi) is 6.58. The first kappa shape index (κ1) is 22.3. The van der Waals surface area contributed by atoms with E-state index in [-0.39, 0.29) is 11.9 Å². The lowest BCUT2D eigenvalue weighted by atomic mass is 9.92. The number of nitrogens with zero attached hydrogens (tertiary/aromatic N) is 3. The summed E-state index contributed by atoms with van der Waals surface area (Å²) in [5, 5.41) is 0. The molecule has 3 aromatic rings. The van der Waals surface area contributed by atoms with Crippen LogP contribution in [0.25, 0.3) is 22.4 Å². The van der Waals surface area contributed by atoms with Gasteiger partial charge in [-0.05, 0) is 93.5 Å². The molecule has 0 spiro atoms. The van der Waals surface area contributed by atoms with Crippen molar-refractivity contribution in [3.8, 4) is 22.4 Å². The van der Waals surface area contributed by atoms with E-state index < -0.39 is 0 Å². The van der Waals surface area contributed by atoms with E-state index in [1.165, 1.54) is 17.8 Å². The van der Waals surface area contributed by atoms with Crippen molar-refractivity contribution in [2.75, 3.05) is 39.8 Å². The number of halogens is 1. The second-order valence-corrected chi connectivity index (χ2v) is 9.45. The summed E-state index contributed by atoms with van der Waals surface area (Å²) >= 11 is 0. The number of benzene rings is 1. The standard InChI is InChI=1S/C27H33FN4O/c1-19-26(31(2)15-16-33-19)18-32-13-9-21(10-14-32)25-17-24(20-7-11-29-12-8-20)27(30-25)22-3-5-23(28)6-4-22/h3-8,11-12,17,19,21,26,30H,9-10,13-16,18H2,1-2H3/t19-,26-/m1/s1. The predicted molar refractivity (Wildman–Crippen MR) is 130 cm³/mol. The van der Waals surface area contributed by atoms with Crippen molar-refractivity contribution in [1.29, 1.82) is 0 Å². The van der Waals surface area contributed by atoms with E-state index in [1.807, 2.05) is 36.7 Å². The molecule has 0 aliphatic carbocycles. The fourth-order valence-electron chi connectivity index (χ4n) is 5.30. The highest BCUT2D eigenvalue weighted by atomic mass is 19.1. The number of piperidine rings is 1. The third-order valence-electron chi connectivity index (χ3n) is 7.37. The second-order valence-electron chi connectivity index (χ2n) is 9.45. The largest absolute Gasteiger partial charge is 0.375 e. The van der Waals surface area contributed by atoms with Gasteiger partial charge in [-0.3, -0.25) is 9.88 Å².